The Kier molecular flexibility index (Phi) is 2.22. The Morgan fingerprint density at radius 2 is 2.26 bits per heavy atom. The minimum absolute atomic E-state index is 0.401. The standard InChI is InChI=1S/C15H17N3O/c19-11-17-9-15(10-17)5-3-12(8-15)13-2-1-7-18-14(13)4-6-16-18/h1-2,4,6-7,11-12H,3,5,8-10H2. The molecule has 2 aliphatic rings. The van der Waals surface area contributed by atoms with Crippen molar-refractivity contribution in [2.75, 3.05) is 13.1 Å². The Balaban J connectivity index is 1.61. The first-order valence-electron chi connectivity index (χ1n) is 6.91. The third kappa shape index (κ3) is 1.59. The molecule has 2 fully saturated rings. The van der Waals surface area contributed by atoms with Gasteiger partial charge in [0, 0.05) is 30.9 Å². The molecule has 1 aliphatic carbocycles. The molecule has 0 aromatic carbocycles. The number of likely N-dealkylation sites (tertiary alicyclic amines) is 1. The minimum atomic E-state index is 0.401. The molecular formula is C15H17N3O. The van der Waals surface area contributed by atoms with E-state index >= 15 is 0 Å². The van der Waals surface area contributed by atoms with Crippen molar-refractivity contribution in [2.45, 2.75) is 25.2 Å². The first kappa shape index (κ1) is 11.0. The van der Waals surface area contributed by atoms with Gasteiger partial charge in [0.25, 0.3) is 0 Å². The number of rotatable bonds is 2. The second-order valence-electron chi connectivity index (χ2n) is 6.07. The van der Waals surface area contributed by atoms with E-state index < -0.39 is 0 Å². The average molecular weight is 255 g/mol. The third-order valence-corrected chi connectivity index (χ3v) is 4.84. The fourth-order valence-corrected chi connectivity index (χ4v) is 3.97. The molecule has 1 amide bonds. The molecule has 1 spiro atoms. The lowest BCUT2D eigenvalue weighted by Crippen LogP contribution is -2.54. The van der Waals surface area contributed by atoms with Gasteiger partial charge < -0.3 is 4.90 Å². The van der Waals surface area contributed by atoms with Crippen molar-refractivity contribution in [3.05, 3.63) is 36.2 Å². The molecule has 1 saturated carbocycles. The van der Waals surface area contributed by atoms with Gasteiger partial charge in [0.05, 0.1) is 5.52 Å². The number of carbonyl (C=O) groups excluding carboxylic acids is 1. The molecule has 19 heavy (non-hydrogen) atoms. The van der Waals surface area contributed by atoms with Crippen LogP contribution in [0.5, 0.6) is 0 Å². The first-order chi connectivity index (χ1) is 9.30. The lowest BCUT2D eigenvalue weighted by atomic mass is 9.77. The van der Waals surface area contributed by atoms with Gasteiger partial charge in [-0.05, 0) is 42.9 Å². The van der Waals surface area contributed by atoms with E-state index in [2.05, 4.69) is 23.3 Å². The highest BCUT2D eigenvalue weighted by molar-refractivity contribution is 5.56. The first-order valence-corrected chi connectivity index (χ1v) is 6.91. The van der Waals surface area contributed by atoms with Crippen molar-refractivity contribution < 1.29 is 4.79 Å². The Labute approximate surface area is 112 Å². The molecule has 4 heteroatoms. The van der Waals surface area contributed by atoms with Crippen molar-refractivity contribution in [3.8, 4) is 0 Å². The fourth-order valence-electron chi connectivity index (χ4n) is 3.97. The van der Waals surface area contributed by atoms with Crippen LogP contribution in [0.15, 0.2) is 30.6 Å². The van der Waals surface area contributed by atoms with E-state index in [1.54, 1.807) is 0 Å². The van der Waals surface area contributed by atoms with E-state index in [0.717, 1.165) is 19.5 Å². The summed E-state index contributed by atoms with van der Waals surface area (Å²) in [5.41, 5.74) is 3.05. The van der Waals surface area contributed by atoms with E-state index in [1.807, 2.05) is 21.8 Å². The number of nitrogens with zero attached hydrogens (tertiary/aromatic N) is 3. The van der Waals surface area contributed by atoms with Gasteiger partial charge in [0.2, 0.25) is 6.41 Å². The lowest BCUT2D eigenvalue weighted by Gasteiger charge is -2.46. The van der Waals surface area contributed by atoms with Crippen LogP contribution in [0.1, 0.15) is 30.7 Å². The lowest BCUT2D eigenvalue weighted by molar-refractivity contribution is -0.129. The number of amides is 1. The molecule has 0 N–H and O–H groups in total. The quantitative estimate of drug-likeness (QED) is 0.770. The van der Waals surface area contributed by atoms with E-state index in [0.29, 0.717) is 11.3 Å². The van der Waals surface area contributed by atoms with Crippen LogP contribution in [0.4, 0.5) is 0 Å². The molecule has 1 atom stereocenters. The second-order valence-corrected chi connectivity index (χ2v) is 6.07. The van der Waals surface area contributed by atoms with Crippen molar-refractivity contribution in [3.63, 3.8) is 0 Å². The molecule has 2 aromatic heterocycles. The highest BCUT2D eigenvalue weighted by atomic mass is 16.1. The largest absolute Gasteiger partial charge is 0.344 e. The summed E-state index contributed by atoms with van der Waals surface area (Å²) in [6.07, 6.45) is 8.54. The molecule has 2 aromatic rings. The molecule has 0 radical (unpaired) electrons. The summed E-state index contributed by atoms with van der Waals surface area (Å²) >= 11 is 0. The van der Waals surface area contributed by atoms with Gasteiger partial charge in [-0.15, -0.1) is 0 Å². The summed E-state index contributed by atoms with van der Waals surface area (Å²) in [7, 11) is 0. The molecule has 0 bridgehead atoms. The van der Waals surface area contributed by atoms with Gasteiger partial charge >= 0.3 is 0 Å². The predicted molar refractivity (Wildman–Crippen MR) is 71.9 cm³/mol. The molecule has 98 valence electrons. The van der Waals surface area contributed by atoms with Crippen molar-refractivity contribution >= 4 is 11.9 Å². The third-order valence-electron chi connectivity index (χ3n) is 4.84. The summed E-state index contributed by atoms with van der Waals surface area (Å²) in [6.45, 7) is 1.91. The average Bonchev–Trinajstić information content (AvgIpc) is 3.03. The van der Waals surface area contributed by atoms with Gasteiger partial charge in [0.1, 0.15) is 0 Å². The SMILES string of the molecule is O=CN1CC2(CCC(c3cccn4nccc34)C2)C1. The maximum Gasteiger partial charge on any atom is 0.209 e. The van der Waals surface area contributed by atoms with Crippen LogP contribution in [0, 0.1) is 5.41 Å². The summed E-state index contributed by atoms with van der Waals surface area (Å²) in [6, 6.07) is 6.41. The molecule has 1 aliphatic heterocycles. The maximum absolute atomic E-state index is 10.7. The zero-order valence-corrected chi connectivity index (χ0v) is 10.8. The van der Waals surface area contributed by atoms with Gasteiger partial charge in [-0.25, -0.2) is 4.52 Å². The van der Waals surface area contributed by atoms with Crippen molar-refractivity contribution in [2.24, 2.45) is 5.41 Å². The summed E-state index contributed by atoms with van der Waals surface area (Å²) in [4.78, 5) is 12.6. The smallest absolute Gasteiger partial charge is 0.209 e. The number of hydrogen-bond donors (Lipinski definition) is 0. The Hall–Kier alpha value is -1.84. The zero-order chi connectivity index (χ0) is 12.9. The summed E-state index contributed by atoms with van der Waals surface area (Å²) in [5.74, 6) is 0.620. The predicted octanol–water partition coefficient (Wildman–Crippen LogP) is 2.06. The number of pyridine rings is 1. The topological polar surface area (TPSA) is 37.6 Å². The van der Waals surface area contributed by atoms with E-state index in [4.69, 9.17) is 0 Å². The van der Waals surface area contributed by atoms with Gasteiger partial charge in [-0.2, -0.15) is 5.10 Å². The Bertz CT molecular complexity index is 627. The maximum atomic E-state index is 10.7. The molecule has 4 rings (SSSR count). The highest BCUT2D eigenvalue weighted by Gasteiger charge is 2.48. The van der Waals surface area contributed by atoms with Crippen molar-refractivity contribution in [1.82, 2.24) is 14.5 Å². The Morgan fingerprint density at radius 3 is 3.11 bits per heavy atom. The molecule has 4 nitrogen and oxygen atoms in total. The van der Waals surface area contributed by atoms with Crippen LogP contribution in [-0.2, 0) is 4.79 Å². The van der Waals surface area contributed by atoms with Crippen LogP contribution in [0.2, 0.25) is 0 Å². The van der Waals surface area contributed by atoms with Crippen LogP contribution in [-0.4, -0.2) is 34.0 Å². The Morgan fingerprint density at radius 1 is 1.37 bits per heavy atom. The van der Waals surface area contributed by atoms with Crippen LogP contribution in [0.3, 0.4) is 0 Å². The number of fused-ring (bicyclic) bond motifs is 1. The molecular weight excluding hydrogens is 238 g/mol. The van der Waals surface area contributed by atoms with Crippen LogP contribution < -0.4 is 0 Å². The van der Waals surface area contributed by atoms with Gasteiger partial charge in [-0.3, -0.25) is 4.79 Å². The minimum Gasteiger partial charge on any atom is -0.344 e. The van der Waals surface area contributed by atoms with Gasteiger partial charge in [-0.1, -0.05) is 6.07 Å². The normalized spacial score (nSPS) is 24.8. The fraction of sp³-hybridized carbons (Fsp3) is 0.467. The summed E-state index contributed by atoms with van der Waals surface area (Å²) in [5, 5.41) is 4.31. The summed E-state index contributed by atoms with van der Waals surface area (Å²) < 4.78 is 1.96. The van der Waals surface area contributed by atoms with E-state index in [1.165, 1.54) is 30.3 Å². The second kappa shape index (κ2) is 3.83. The van der Waals surface area contributed by atoms with E-state index in [9.17, 15) is 4.79 Å². The van der Waals surface area contributed by atoms with Crippen molar-refractivity contribution in [1.29, 1.82) is 0 Å². The number of carbonyl (C=O) groups is 1. The van der Waals surface area contributed by atoms with E-state index in [-0.39, 0.29) is 0 Å². The zero-order valence-electron chi connectivity index (χ0n) is 10.8. The molecule has 3 heterocycles. The highest BCUT2D eigenvalue weighted by Crippen LogP contribution is 2.51. The molecule has 1 saturated heterocycles. The van der Waals surface area contributed by atoms with Crippen LogP contribution in [0.25, 0.3) is 5.52 Å². The number of hydrogen-bond acceptors (Lipinski definition) is 2. The number of aromatic nitrogens is 2. The molecule has 1 unspecified atom stereocenters. The van der Waals surface area contributed by atoms with Crippen LogP contribution >= 0.6 is 0 Å². The van der Waals surface area contributed by atoms with Gasteiger partial charge in [0.15, 0.2) is 0 Å². The monoisotopic (exact) mass is 255 g/mol.